The maximum Gasteiger partial charge on any atom is 0.224 e. The molecule has 1 amide bonds. The number of hydrogen-bond acceptors (Lipinski definition) is 3. The largest absolute Gasteiger partial charge is 0.496 e. The van der Waals surface area contributed by atoms with Crippen molar-refractivity contribution < 1.29 is 9.53 Å². The van der Waals surface area contributed by atoms with Crippen molar-refractivity contribution >= 4 is 21.8 Å². The molecule has 1 aromatic carbocycles. The molecule has 0 aliphatic carbocycles. The molecule has 5 heteroatoms. The second-order valence-electron chi connectivity index (χ2n) is 3.98. The van der Waals surface area contributed by atoms with Crippen LogP contribution in [0, 0.1) is 0 Å². The predicted molar refractivity (Wildman–Crippen MR) is 75.7 cm³/mol. The van der Waals surface area contributed by atoms with E-state index in [4.69, 9.17) is 10.5 Å². The van der Waals surface area contributed by atoms with Gasteiger partial charge >= 0.3 is 0 Å². The highest BCUT2D eigenvalue weighted by atomic mass is 79.9. The van der Waals surface area contributed by atoms with E-state index in [0.717, 1.165) is 28.6 Å². The summed E-state index contributed by atoms with van der Waals surface area (Å²) in [5, 5.41) is 2.87. The van der Waals surface area contributed by atoms with Crippen molar-refractivity contribution in [3.63, 3.8) is 0 Å². The lowest BCUT2D eigenvalue weighted by Gasteiger charge is -2.09. The van der Waals surface area contributed by atoms with Crippen LogP contribution in [-0.4, -0.2) is 26.1 Å². The van der Waals surface area contributed by atoms with Crippen LogP contribution >= 0.6 is 15.9 Å². The number of carbonyl (C=O) groups excluding carboxylic acids is 1. The van der Waals surface area contributed by atoms with Crippen molar-refractivity contribution in [2.75, 3.05) is 20.2 Å². The van der Waals surface area contributed by atoms with Crippen LogP contribution in [0.1, 0.15) is 18.4 Å². The summed E-state index contributed by atoms with van der Waals surface area (Å²) in [5.41, 5.74) is 6.27. The Morgan fingerprint density at radius 1 is 1.44 bits per heavy atom. The second kappa shape index (κ2) is 8.11. The maximum atomic E-state index is 11.7. The smallest absolute Gasteiger partial charge is 0.224 e. The van der Waals surface area contributed by atoms with Gasteiger partial charge in [-0.3, -0.25) is 4.79 Å². The van der Waals surface area contributed by atoms with Crippen LogP contribution in [-0.2, 0) is 11.2 Å². The van der Waals surface area contributed by atoms with Crippen molar-refractivity contribution in [1.29, 1.82) is 0 Å². The SMILES string of the molecule is COc1ccc(Br)cc1CC(=O)NCCCCN. The van der Waals surface area contributed by atoms with Gasteiger partial charge in [0.15, 0.2) is 0 Å². The van der Waals surface area contributed by atoms with E-state index < -0.39 is 0 Å². The molecule has 0 atom stereocenters. The number of benzene rings is 1. The van der Waals surface area contributed by atoms with Crippen LogP contribution in [0.25, 0.3) is 0 Å². The Morgan fingerprint density at radius 3 is 2.89 bits per heavy atom. The number of nitrogens with one attached hydrogen (secondary N) is 1. The lowest BCUT2D eigenvalue weighted by Crippen LogP contribution is -2.26. The molecule has 0 aliphatic rings. The summed E-state index contributed by atoms with van der Waals surface area (Å²) < 4.78 is 6.17. The van der Waals surface area contributed by atoms with Crippen LogP contribution < -0.4 is 15.8 Å². The van der Waals surface area contributed by atoms with Gasteiger partial charge in [-0.1, -0.05) is 15.9 Å². The molecule has 0 radical (unpaired) electrons. The zero-order valence-corrected chi connectivity index (χ0v) is 12.1. The first-order chi connectivity index (χ1) is 8.67. The summed E-state index contributed by atoms with van der Waals surface area (Å²) in [6.45, 7) is 1.33. The molecule has 100 valence electrons. The quantitative estimate of drug-likeness (QED) is 0.755. The van der Waals surface area contributed by atoms with Crippen LogP contribution in [0.15, 0.2) is 22.7 Å². The number of amides is 1. The molecular weight excluding hydrogens is 296 g/mol. The van der Waals surface area contributed by atoms with Crippen LogP contribution in [0.4, 0.5) is 0 Å². The third kappa shape index (κ3) is 5.06. The fraction of sp³-hybridized carbons (Fsp3) is 0.462. The Hall–Kier alpha value is -1.07. The molecule has 0 unspecified atom stereocenters. The molecule has 0 spiro atoms. The Balaban J connectivity index is 2.50. The standard InChI is InChI=1S/C13H19BrN2O2/c1-18-12-5-4-11(14)8-10(12)9-13(17)16-7-3-2-6-15/h4-5,8H,2-3,6-7,9,15H2,1H3,(H,16,17). The zero-order valence-electron chi connectivity index (χ0n) is 10.5. The minimum atomic E-state index is 0.00317. The van der Waals surface area contributed by atoms with Crippen molar-refractivity contribution in [3.8, 4) is 5.75 Å². The summed E-state index contributed by atoms with van der Waals surface area (Å²) in [5.74, 6) is 0.735. The van der Waals surface area contributed by atoms with Crippen molar-refractivity contribution in [3.05, 3.63) is 28.2 Å². The topological polar surface area (TPSA) is 64.3 Å². The van der Waals surface area contributed by atoms with E-state index in [2.05, 4.69) is 21.2 Å². The Bertz CT molecular complexity index is 397. The van der Waals surface area contributed by atoms with E-state index >= 15 is 0 Å². The van der Waals surface area contributed by atoms with Gasteiger partial charge in [0.05, 0.1) is 13.5 Å². The molecule has 0 saturated carbocycles. The van der Waals surface area contributed by atoms with Gasteiger partial charge in [-0.15, -0.1) is 0 Å². The Kier molecular flexibility index (Phi) is 6.75. The van der Waals surface area contributed by atoms with Gasteiger partial charge in [0.2, 0.25) is 5.91 Å². The monoisotopic (exact) mass is 314 g/mol. The summed E-state index contributed by atoms with van der Waals surface area (Å²) in [6.07, 6.45) is 2.17. The first-order valence-corrected chi connectivity index (χ1v) is 6.76. The van der Waals surface area contributed by atoms with Crippen LogP contribution in [0.2, 0.25) is 0 Å². The lowest BCUT2D eigenvalue weighted by molar-refractivity contribution is -0.120. The third-order valence-electron chi connectivity index (χ3n) is 2.55. The number of halogens is 1. The van der Waals surface area contributed by atoms with Gasteiger partial charge in [-0.05, 0) is 37.6 Å². The highest BCUT2D eigenvalue weighted by molar-refractivity contribution is 9.10. The highest BCUT2D eigenvalue weighted by Gasteiger charge is 2.08. The average molecular weight is 315 g/mol. The molecular formula is C13H19BrN2O2. The summed E-state index contributed by atoms with van der Waals surface area (Å²) in [6, 6.07) is 5.64. The highest BCUT2D eigenvalue weighted by Crippen LogP contribution is 2.23. The minimum absolute atomic E-state index is 0.00317. The van der Waals surface area contributed by atoms with E-state index in [1.165, 1.54) is 0 Å². The molecule has 4 nitrogen and oxygen atoms in total. The normalized spacial score (nSPS) is 10.2. The fourth-order valence-electron chi connectivity index (χ4n) is 1.62. The zero-order chi connectivity index (χ0) is 13.4. The van der Waals surface area contributed by atoms with Crippen LogP contribution in [0.3, 0.4) is 0 Å². The van der Waals surface area contributed by atoms with Gasteiger partial charge in [0, 0.05) is 16.6 Å². The molecule has 0 aliphatic heterocycles. The summed E-state index contributed by atoms with van der Waals surface area (Å²) in [7, 11) is 1.60. The number of rotatable bonds is 7. The molecule has 0 fully saturated rings. The number of methoxy groups -OCH3 is 1. The average Bonchev–Trinajstić information content (AvgIpc) is 2.35. The van der Waals surface area contributed by atoms with Gasteiger partial charge in [0.25, 0.3) is 0 Å². The molecule has 0 heterocycles. The molecule has 1 rings (SSSR count). The first-order valence-electron chi connectivity index (χ1n) is 5.96. The van der Waals surface area contributed by atoms with E-state index in [1.807, 2.05) is 18.2 Å². The van der Waals surface area contributed by atoms with Gasteiger partial charge < -0.3 is 15.8 Å². The summed E-state index contributed by atoms with van der Waals surface area (Å²) >= 11 is 3.39. The third-order valence-corrected chi connectivity index (χ3v) is 3.04. The van der Waals surface area contributed by atoms with Gasteiger partial charge in [0.1, 0.15) is 5.75 Å². The second-order valence-corrected chi connectivity index (χ2v) is 4.89. The molecule has 0 aromatic heterocycles. The van der Waals surface area contributed by atoms with E-state index in [-0.39, 0.29) is 5.91 Å². The number of carbonyl (C=O) groups is 1. The fourth-order valence-corrected chi connectivity index (χ4v) is 2.03. The Morgan fingerprint density at radius 2 is 2.22 bits per heavy atom. The van der Waals surface area contributed by atoms with Crippen molar-refractivity contribution in [2.45, 2.75) is 19.3 Å². The van der Waals surface area contributed by atoms with Crippen molar-refractivity contribution in [2.24, 2.45) is 5.73 Å². The van der Waals surface area contributed by atoms with E-state index in [0.29, 0.717) is 19.5 Å². The lowest BCUT2D eigenvalue weighted by atomic mass is 10.1. The number of nitrogens with two attached hydrogens (primary N) is 1. The predicted octanol–water partition coefficient (Wildman–Crippen LogP) is 1.86. The molecule has 0 bridgehead atoms. The van der Waals surface area contributed by atoms with E-state index in [1.54, 1.807) is 7.11 Å². The Labute approximate surface area is 116 Å². The molecule has 1 aromatic rings. The molecule has 0 saturated heterocycles. The summed E-state index contributed by atoms with van der Waals surface area (Å²) in [4.78, 5) is 11.7. The number of unbranched alkanes of at least 4 members (excludes halogenated alkanes) is 1. The molecule has 3 N–H and O–H groups in total. The maximum absolute atomic E-state index is 11.7. The van der Waals surface area contributed by atoms with Gasteiger partial charge in [-0.2, -0.15) is 0 Å². The number of ether oxygens (including phenoxy) is 1. The molecule has 18 heavy (non-hydrogen) atoms. The first kappa shape index (κ1) is 15.0. The van der Waals surface area contributed by atoms with Crippen molar-refractivity contribution in [1.82, 2.24) is 5.32 Å². The van der Waals surface area contributed by atoms with Crippen LogP contribution in [0.5, 0.6) is 5.75 Å². The van der Waals surface area contributed by atoms with E-state index in [9.17, 15) is 4.79 Å². The minimum Gasteiger partial charge on any atom is -0.496 e. The number of hydrogen-bond donors (Lipinski definition) is 2. The van der Waals surface area contributed by atoms with Gasteiger partial charge in [-0.25, -0.2) is 0 Å².